The number of nitrogens with zero attached hydrogens (tertiary/aromatic N) is 1. The first-order valence-corrected chi connectivity index (χ1v) is 7.22. The van der Waals surface area contributed by atoms with Crippen molar-refractivity contribution >= 4 is 35.0 Å². The van der Waals surface area contributed by atoms with E-state index in [-0.39, 0.29) is 22.7 Å². The monoisotopic (exact) mass is 353 g/mol. The normalized spacial score (nSPS) is 12.1. The van der Waals surface area contributed by atoms with Crippen molar-refractivity contribution < 1.29 is 23.8 Å². The van der Waals surface area contributed by atoms with E-state index in [0.29, 0.717) is 17.1 Å². The fourth-order valence-electron chi connectivity index (χ4n) is 1.91. The number of rotatable bonds is 4. The van der Waals surface area contributed by atoms with E-state index in [4.69, 9.17) is 37.4 Å². The molecule has 0 N–H and O–H groups in total. The Morgan fingerprint density at radius 3 is 2.74 bits per heavy atom. The van der Waals surface area contributed by atoms with Gasteiger partial charge in [-0.25, -0.2) is 9.78 Å². The summed E-state index contributed by atoms with van der Waals surface area (Å²) in [7, 11) is 0. The molecule has 1 aliphatic heterocycles. The van der Waals surface area contributed by atoms with Crippen LogP contribution in [0.25, 0.3) is 0 Å². The van der Waals surface area contributed by atoms with Crippen molar-refractivity contribution in [1.82, 2.24) is 4.98 Å². The minimum absolute atomic E-state index is 0.0925. The molecule has 6 nitrogen and oxygen atoms in total. The summed E-state index contributed by atoms with van der Waals surface area (Å²) in [6.45, 7) is -0.343. The molecule has 1 aliphatic rings. The molecule has 3 rings (SSSR count). The number of fused-ring (bicyclic) bond motifs is 1. The van der Waals surface area contributed by atoms with Crippen molar-refractivity contribution in [2.45, 2.75) is 0 Å². The molecule has 1 aromatic heterocycles. The topological polar surface area (TPSA) is 74.7 Å². The first-order valence-electron chi connectivity index (χ1n) is 6.46. The number of pyridine rings is 1. The largest absolute Gasteiger partial charge is 0.454 e. The fraction of sp³-hybridized carbons (Fsp3) is 0.133. The van der Waals surface area contributed by atoms with Crippen LogP contribution in [0.5, 0.6) is 11.5 Å². The van der Waals surface area contributed by atoms with E-state index in [1.165, 1.54) is 18.2 Å². The maximum atomic E-state index is 12.1. The Balaban J connectivity index is 1.67. The van der Waals surface area contributed by atoms with Gasteiger partial charge in [-0.3, -0.25) is 4.79 Å². The first-order chi connectivity index (χ1) is 11.0. The molecule has 0 aliphatic carbocycles. The highest BCUT2D eigenvalue weighted by atomic mass is 35.5. The number of carbonyl (C=O) groups is 2. The van der Waals surface area contributed by atoms with Crippen LogP contribution in [-0.4, -0.2) is 30.1 Å². The Kier molecular flexibility index (Phi) is 4.36. The first kappa shape index (κ1) is 15.6. The highest BCUT2D eigenvalue weighted by Gasteiger charge is 2.19. The van der Waals surface area contributed by atoms with Gasteiger partial charge in [-0.15, -0.1) is 0 Å². The molecular formula is C15H9Cl2NO5. The Hall–Kier alpha value is -2.31. The predicted molar refractivity (Wildman–Crippen MR) is 81.4 cm³/mol. The number of hydrogen-bond donors (Lipinski definition) is 0. The maximum absolute atomic E-state index is 12.1. The Bertz CT molecular complexity index is 793. The number of Topliss-reactive ketones (excluding diaryl/α,β-unsaturated/α-hetero) is 1. The summed E-state index contributed by atoms with van der Waals surface area (Å²) in [4.78, 5) is 27.8. The van der Waals surface area contributed by atoms with Gasteiger partial charge in [0.1, 0.15) is 5.15 Å². The van der Waals surface area contributed by atoms with Crippen LogP contribution in [-0.2, 0) is 4.74 Å². The van der Waals surface area contributed by atoms with Gasteiger partial charge >= 0.3 is 5.97 Å². The molecule has 0 bridgehead atoms. The number of esters is 1. The van der Waals surface area contributed by atoms with Crippen LogP contribution in [0.2, 0.25) is 10.2 Å². The molecule has 1 aromatic carbocycles. The second-order valence-corrected chi connectivity index (χ2v) is 5.33. The molecule has 0 spiro atoms. The zero-order chi connectivity index (χ0) is 16.4. The van der Waals surface area contributed by atoms with E-state index in [9.17, 15) is 9.59 Å². The van der Waals surface area contributed by atoms with Gasteiger partial charge in [0.2, 0.25) is 6.79 Å². The summed E-state index contributed by atoms with van der Waals surface area (Å²) in [6.07, 6.45) is 0. The third-order valence-corrected chi connectivity index (χ3v) is 3.55. The number of hydrogen-bond acceptors (Lipinski definition) is 6. The minimum atomic E-state index is -0.827. The molecule has 2 heterocycles. The van der Waals surface area contributed by atoms with Gasteiger partial charge in [0.15, 0.2) is 29.6 Å². The second kappa shape index (κ2) is 6.44. The third kappa shape index (κ3) is 3.38. The Morgan fingerprint density at radius 2 is 1.91 bits per heavy atom. The lowest BCUT2D eigenvalue weighted by molar-refractivity contribution is 0.0469. The van der Waals surface area contributed by atoms with Gasteiger partial charge in [0.05, 0.1) is 5.02 Å². The van der Waals surface area contributed by atoms with Gasteiger partial charge in [-0.2, -0.15) is 0 Å². The Morgan fingerprint density at radius 1 is 1.13 bits per heavy atom. The number of halogens is 2. The lowest BCUT2D eigenvalue weighted by Gasteiger charge is -2.06. The van der Waals surface area contributed by atoms with Gasteiger partial charge in [0.25, 0.3) is 0 Å². The summed E-state index contributed by atoms with van der Waals surface area (Å²) in [5.41, 5.74) is 0.199. The molecule has 0 saturated carbocycles. The number of carbonyl (C=O) groups excluding carboxylic acids is 2. The quantitative estimate of drug-likeness (QED) is 0.477. The maximum Gasteiger partial charge on any atom is 0.359 e. The summed E-state index contributed by atoms with van der Waals surface area (Å²) in [5, 5.41) is 0.193. The van der Waals surface area contributed by atoms with E-state index < -0.39 is 18.4 Å². The van der Waals surface area contributed by atoms with Crippen LogP contribution in [0.4, 0.5) is 0 Å². The summed E-state index contributed by atoms with van der Waals surface area (Å²) in [5.74, 6) is -0.184. The van der Waals surface area contributed by atoms with Crippen LogP contribution < -0.4 is 9.47 Å². The average Bonchev–Trinajstić information content (AvgIpc) is 3.02. The number of aromatic nitrogens is 1. The van der Waals surface area contributed by atoms with Crippen LogP contribution in [0, 0.1) is 0 Å². The van der Waals surface area contributed by atoms with Crippen molar-refractivity contribution in [2.24, 2.45) is 0 Å². The van der Waals surface area contributed by atoms with E-state index in [0.717, 1.165) is 0 Å². The molecule has 2 aromatic rings. The molecule has 0 unspecified atom stereocenters. The summed E-state index contributed by atoms with van der Waals surface area (Å²) in [6, 6.07) is 7.58. The summed E-state index contributed by atoms with van der Waals surface area (Å²) < 4.78 is 15.3. The van der Waals surface area contributed by atoms with Crippen molar-refractivity contribution in [3.05, 3.63) is 51.8 Å². The van der Waals surface area contributed by atoms with Crippen molar-refractivity contribution in [1.29, 1.82) is 0 Å². The molecule has 23 heavy (non-hydrogen) atoms. The van der Waals surface area contributed by atoms with Gasteiger partial charge in [-0.1, -0.05) is 23.2 Å². The zero-order valence-electron chi connectivity index (χ0n) is 11.5. The minimum Gasteiger partial charge on any atom is -0.454 e. The van der Waals surface area contributed by atoms with E-state index >= 15 is 0 Å². The van der Waals surface area contributed by atoms with Crippen LogP contribution in [0.15, 0.2) is 30.3 Å². The molecule has 0 atom stereocenters. The fourth-order valence-corrected chi connectivity index (χ4v) is 2.24. The highest BCUT2D eigenvalue weighted by molar-refractivity contribution is 6.34. The molecule has 8 heteroatoms. The van der Waals surface area contributed by atoms with Crippen LogP contribution >= 0.6 is 23.2 Å². The van der Waals surface area contributed by atoms with Gasteiger partial charge in [0, 0.05) is 5.56 Å². The van der Waals surface area contributed by atoms with Crippen molar-refractivity contribution in [2.75, 3.05) is 13.4 Å². The van der Waals surface area contributed by atoms with E-state index in [2.05, 4.69) is 4.98 Å². The SMILES string of the molecule is O=C(COC(=O)c1nc(Cl)ccc1Cl)c1ccc2c(c1)OCO2. The molecular weight excluding hydrogens is 345 g/mol. The standard InChI is InChI=1S/C15H9Cl2NO5/c16-9-2-4-13(17)18-14(9)15(20)21-6-10(19)8-1-3-11-12(5-8)23-7-22-11/h1-5H,6-7H2. The highest BCUT2D eigenvalue weighted by Crippen LogP contribution is 2.32. The number of benzene rings is 1. The van der Waals surface area contributed by atoms with E-state index in [1.807, 2.05) is 0 Å². The zero-order valence-corrected chi connectivity index (χ0v) is 13.1. The smallest absolute Gasteiger partial charge is 0.359 e. The number of ketones is 1. The predicted octanol–water partition coefficient (Wildman–Crippen LogP) is 3.16. The molecule has 0 fully saturated rings. The molecule has 118 valence electrons. The second-order valence-electron chi connectivity index (χ2n) is 4.53. The lowest BCUT2D eigenvalue weighted by Crippen LogP contribution is -2.15. The molecule has 0 saturated heterocycles. The lowest BCUT2D eigenvalue weighted by atomic mass is 10.1. The van der Waals surface area contributed by atoms with Crippen LogP contribution in [0.1, 0.15) is 20.8 Å². The van der Waals surface area contributed by atoms with Gasteiger partial charge < -0.3 is 14.2 Å². The van der Waals surface area contributed by atoms with Crippen molar-refractivity contribution in [3.63, 3.8) is 0 Å². The Labute approximate surface area is 140 Å². The average molecular weight is 354 g/mol. The summed E-state index contributed by atoms with van der Waals surface area (Å²) >= 11 is 11.6. The number of ether oxygens (including phenoxy) is 3. The molecule has 0 radical (unpaired) electrons. The van der Waals surface area contributed by atoms with Gasteiger partial charge in [-0.05, 0) is 30.3 Å². The third-order valence-electron chi connectivity index (χ3n) is 3.03. The van der Waals surface area contributed by atoms with Crippen LogP contribution in [0.3, 0.4) is 0 Å². The molecule has 0 amide bonds. The van der Waals surface area contributed by atoms with E-state index in [1.54, 1.807) is 12.1 Å². The van der Waals surface area contributed by atoms with Crippen molar-refractivity contribution in [3.8, 4) is 11.5 Å².